The van der Waals surface area contributed by atoms with Crippen molar-refractivity contribution in [1.82, 2.24) is 5.32 Å². The molecule has 1 aliphatic heterocycles. The molecule has 1 amide bonds. The molecule has 1 aromatic carbocycles. The zero-order valence-corrected chi connectivity index (χ0v) is 12.5. The molecule has 0 saturated carbocycles. The van der Waals surface area contributed by atoms with E-state index in [9.17, 15) is 4.79 Å². The van der Waals surface area contributed by atoms with Crippen LogP contribution in [-0.4, -0.2) is 19.1 Å². The summed E-state index contributed by atoms with van der Waals surface area (Å²) < 4.78 is 5.40. The second-order valence-corrected chi connectivity index (χ2v) is 5.45. The fourth-order valence-electron chi connectivity index (χ4n) is 2.47. The number of benzene rings is 1. The largest absolute Gasteiger partial charge is 0.482 e. The standard InChI is InChI=1S/C16H24N2O2/c1-4-11(3)8-13(17-5-2)12-6-7-15-14(9-12)18-16(19)10-20-15/h6-7,9,11,13,17H,4-5,8,10H2,1-3H3,(H,18,19). The Bertz CT molecular complexity index is 474. The number of amides is 1. The number of hydrogen-bond donors (Lipinski definition) is 2. The predicted octanol–water partition coefficient (Wildman–Crippen LogP) is 3.10. The van der Waals surface area contributed by atoms with Gasteiger partial charge in [0.2, 0.25) is 0 Å². The molecular formula is C16H24N2O2. The van der Waals surface area contributed by atoms with Crippen molar-refractivity contribution in [3.05, 3.63) is 23.8 Å². The molecule has 4 heteroatoms. The molecule has 0 aliphatic carbocycles. The van der Waals surface area contributed by atoms with Crippen molar-refractivity contribution in [3.63, 3.8) is 0 Å². The van der Waals surface area contributed by atoms with Crippen LogP contribution in [0, 0.1) is 5.92 Å². The number of carbonyl (C=O) groups is 1. The van der Waals surface area contributed by atoms with E-state index in [1.807, 2.05) is 12.1 Å². The maximum absolute atomic E-state index is 11.4. The van der Waals surface area contributed by atoms with Gasteiger partial charge in [-0.3, -0.25) is 4.79 Å². The monoisotopic (exact) mass is 276 g/mol. The van der Waals surface area contributed by atoms with Crippen LogP contribution in [0.2, 0.25) is 0 Å². The third kappa shape index (κ3) is 3.51. The minimum atomic E-state index is -0.0865. The van der Waals surface area contributed by atoms with Crippen molar-refractivity contribution in [2.75, 3.05) is 18.5 Å². The van der Waals surface area contributed by atoms with Gasteiger partial charge in [0.1, 0.15) is 5.75 Å². The summed E-state index contributed by atoms with van der Waals surface area (Å²) in [6.07, 6.45) is 2.27. The van der Waals surface area contributed by atoms with Gasteiger partial charge in [-0.2, -0.15) is 0 Å². The van der Waals surface area contributed by atoms with E-state index in [4.69, 9.17) is 4.74 Å². The lowest BCUT2D eigenvalue weighted by Crippen LogP contribution is -2.26. The summed E-state index contributed by atoms with van der Waals surface area (Å²) in [4.78, 5) is 11.4. The van der Waals surface area contributed by atoms with Crippen LogP contribution < -0.4 is 15.4 Å². The third-order valence-corrected chi connectivity index (χ3v) is 3.82. The molecular weight excluding hydrogens is 252 g/mol. The van der Waals surface area contributed by atoms with Crippen LogP contribution in [-0.2, 0) is 4.79 Å². The third-order valence-electron chi connectivity index (χ3n) is 3.82. The summed E-state index contributed by atoms with van der Waals surface area (Å²) in [5.41, 5.74) is 1.99. The molecule has 1 aromatic rings. The Labute approximate surface area is 120 Å². The molecule has 0 saturated heterocycles. The number of carbonyl (C=O) groups excluding carboxylic acids is 1. The second-order valence-electron chi connectivity index (χ2n) is 5.45. The molecule has 2 rings (SSSR count). The predicted molar refractivity (Wildman–Crippen MR) is 81.1 cm³/mol. The Hall–Kier alpha value is -1.55. The average Bonchev–Trinajstić information content (AvgIpc) is 2.45. The first kappa shape index (κ1) is 14.9. The second kappa shape index (κ2) is 6.75. The van der Waals surface area contributed by atoms with Crippen LogP contribution in [0.15, 0.2) is 18.2 Å². The maximum Gasteiger partial charge on any atom is 0.262 e. The Balaban J connectivity index is 2.20. The number of ether oxygens (including phenoxy) is 1. The highest BCUT2D eigenvalue weighted by Gasteiger charge is 2.19. The molecule has 2 atom stereocenters. The quantitative estimate of drug-likeness (QED) is 0.839. The molecule has 20 heavy (non-hydrogen) atoms. The SMILES string of the molecule is CCNC(CC(C)CC)c1ccc2c(c1)NC(=O)CO2. The van der Waals surface area contributed by atoms with E-state index in [-0.39, 0.29) is 12.5 Å². The van der Waals surface area contributed by atoms with Gasteiger partial charge in [-0.15, -0.1) is 0 Å². The first-order valence-electron chi connectivity index (χ1n) is 7.44. The molecule has 0 fully saturated rings. The van der Waals surface area contributed by atoms with Crippen LogP contribution in [0.4, 0.5) is 5.69 Å². The average molecular weight is 276 g/mol. The van der Waals surface area contributed by atoms with Crippen LogP contribution in [0.25, 0.3) is 0 Å². The van der Waals surface area contributed by atoms with Crippen LogP contribution in [0.5, 0.6) is 5.75 Å². The van der Waals surface area contributed by atoms with E-state index in [0.717, 1.165) is 24.4 Å². The van der Waals surface area contributed by atoms with Crippen LogP contribution in [0.1, 0.15) is 45.2 Å². The van der Waals surface area contributed by atoms with Gasteiger partial charge in [0.15, 0.2) is 6.61 Å². The molecule has 1 heterocycles. The van der Waals surface area contributed by atoms with Gasteiger partial charge in [0.25, 0.3) is 5.91 Å². The zero-order valence-electron chi connectivity index (χ0n) is 12.5. The molecule has 4 nitrogen and oxygen atoms in total. The fraction of sp³-hybridized carbons (Fsp3) is 0.562. The smallest absolute Gasteiger partial charge is 0.262 e. The zero-order chi connectivity index (χ0) is 14.5. The van der Waals surface area contributed by atoms with Crippen molar-refractivity contribution in [3.8, 4) is 5.75 Å². The normalized spacial score (nSPS) is 16.9. The Morgan fingerprint density at radius 1 is 1.40 bits per heavy atom. The van der Waals surface area contributed by atoms with E-state index in [1.165, 1.54) is 12.0 Å². The van der Waals surface area contributed by atoms with Crippen LogP contribution in [0.3, 0.4) is 0 Å². The van der Waals surface area contributed by atoms with Gasteiger partial charge in [0.05, 0.1) is 5.69 Å². The number of anilines is 1. The molecule has 0 aromatic heterocycles. The van der Waals surface area contributed by atoms with E-state index < -0.39 is 0 Å². The Morgan fingerprint density at radius 3 is 2.90 bits per heavy atom. The van der Waals surface area contributed by atoms with E-state index in [0.29, 0.717) is 12.0 Å². The molecule has 1 aliphatic rings. The summed E-state index contributed by atoms with van der Waals surface area (Å²) in [7, 11) is 0. The summed E-state index contributed by atoms with van der Waals surface area (Å²) in [6, 6.07) is 6.39. The molecule has 2 unspecified atom stereocenters. The van der Waals surface area contributed by atoms with Gasteiger partial charge >= 0.3 is 0 Å². The lowest BCUT2D eigenvalue weighted by atomic mass is 9.93. The lowest BCUT2D eigenvalue weighted by molar-refractivity contribution is -0.118. The fourth-order valence-corrected chi connectivity index (χ4v) is 2.47. The van der Waals surface area contributed by atoms with Crippen molar-refractivity contribution in [2.24, 2.45) is 5.92 Å². The van der Waals surface area contributed by atoms with Crippen molar-refractivity contribution < 1.29 is 9.53 Å². The Morgan fingerprint density at radius 2 is 2.20 bits per heavy atom. The van der Waals surface area contributed by atoms with Crippen molar-refractivity contribution in [2.45, 2.75) is 39.7 Å². The first-order chi connectivity index (χ1) is 9.63. The summed E-state index contributed by atoms with van der Waals surface area (Å²) in [5, 5.41) is 6.40. The van der Waals surface area contributed by atoms with Crippen LogP contribution >= 0.6 is 0 Å². The molecule has 0 radical (unpaired) electrons. The number of hydrogen-bond acceptors (Lipinski definition) is 3. The van der Waals surface area contributed by atoms with Gasteiger partial charge in [-0.25, -0.2) is 0 Å². The minimum absolute atomic E-state index is 0.0865. The highest BCUT2D eigenvalue weighted by atomic mass is 16.5. The van der Waals surface area contributed by atoms with Crippen molar-refractivity contribution >= 4 is 11.6 Å². The van der Waals surface area contributed by atoms with Gasteiger partial charge in [-0.05, 0) is 36.6 Å². The topological polar surface area (TPSA) is 50.4 Å². The highest BCUT2D eigenvalue weighted by molar-refractivity contribution is 5.95. The minimum Gasteiger partial charge on any atom is -0.482 e. The number of fused-ring (bicyclic) bond motifs is 1. The van der Waals surface area contributed by atoms with Crippen molar-refractivity contribution in [1.29, 1.82) is 0 Å². The van der Waals surface area contributed by atoms with Gasteiger partial charge < -0.3 is 15.4 Å². The Kier molecular flexibility index (Phi) is 5.01. The molecule has 110 valence electrons. The summed E-state index contributed by atoms with van der Waals surface area (Å²) in [6.45, 7) is 7.64. The van der Waals surface area contributed by atoms with Gasteiger partial charge in [-0.1, -0.05) is 33.3 Å². The first-order valence-corrected chi connectivity index (χ1v) is 7.44. The number of nitrogens with one attached hydrogen (secondary N) is 2. The molecule has 0 spiro atoms. The molecule has 0 bridgehead atoms. The summed E-state index contributed by atoms with van der Waals surface area (Å²) >= 11 is 0. The van der Waals surface area contributed by atoms with E-state index in [2.05, 4.69) is 37.5 Å². The van der Waals surface area contributed by atoms with E-state index >= 15 is 0 Å². The summed E-state index contributed by atoms with van der Waals surface area (Å²) in [5.74, 6) is 1.34. The highest BCUT2D eigenvalue weighted by Crippen LogP contribution is 2.32. The van der Waals surface area contributed by atoms with Gasteiger partial charge in [0, 0.05) is 6.04 Å². The molecule has 2 N–H and O–H groups in total. The number of rotatable bonds is 6. The lowest BCUT2D eigenvalue weighted by Gasteiger charge is -2.24. The maximum atomic E-state index is 11.4. The van der Waals surface area contributed by atoms with E-state index in [1.54, 1.807) is 0 Å².